The molecule has 0 saturated heterocycles. The summed E-state index contributed by atoms with van der Waals surface area (Å²) in [6, 6.07) is 3.70. The van der Waals surface area contributed by atoms with Crippen LogP contribution in [0.3, 0.4) is 0 Å². The summed E-state index contributed by atoms with van der Waals surface area (Å²) in [7, 11) is 0. The third-order valence-corrected chi connectivity index (χ3v) is 4.53. The standard InChI is InChI=1S/C18H22N2O4/c1-11-3-6-15(17-16(11)18(22)24-10-20-17)23-9-14(13-4-5-13)7-8-19-12(2)21/h3,6,10,13-14H,4-5,7-9H2,1-2H3,(H,19,21). The highest BCUT2D eigenvalue weighted by molar-refractivity contribution is 5.86. The van der Waals surface area contributed by atoms with Gasteiger partial charge in [-0.2, -0.15) is 0 Å². The Balaban J connectivity index is 1.72. The minimum atomic E-state index is -0.396. The largest absolute Gasteiger partial charge is 0.491 e. The van der Waals surface area contributed by atoms with E-state index in [1.165, 1.54) is 19.8 Å². The van der Waals surface area contributed by atoms with Gasteiger partial charge < -0.3 is 14.5 Å². The molecule has 0 bridgehead atoms. The predicted octanol–water partition coefficient (Wildman–Crippen LogP) is 2.43. The Bertz CT molecular complexity index is 795. The van der Waals surface area contributed by atoms with Gasteiger partial charge in [0.2, 0.25) is 5.91 Å². The first-order valence-corrected chi connectivity index (χ1v) is 8.30. The first-order chi connectivity index (χ1) is 11.6. The molecule has 0 radical (unpaired) electrons. The van der Waals surface area contributed by atoms with E-state index in [1.807, 2.05) is 19.1 Å². The number of hydrogen-bond donors (Lipinski definition) is 1. The molecule has 1 unspecified atom stereocenters. The molecule has 1 aliphatic carbocycles. The van der Waals surface area contributed by atoms with Crippen LogP contribution in [0, 0.1) is 18.8 Å². The third-order valence-electron chi connectivity index (χ3n) is 4.53. The SMILES string of the molecule is CC(=O)NCCC(COc1ccc(C)c2c(=O)ocnc12)C1CC1. The highest BCUT2D eigenvalue weighted by Gasteiger charge is 2.31. The lowest BCUT2D eigenvalue weighted by Crippen LogP contribution is -2.25. The molecule has 0 aliphatic heterocycles. The molecular formula is C18H22N2O4. The Hall–Kier alpha value is -2.37. The van der Waals surface area contributed by atoms with Crippen LogP contribution in [-0.4, -0.2) is 24.0 Å². The van der Waals surface area contributed by atoms with Crippen LogP contribution in [0.25, 0.3) is 10.9 Å². The molecule has 1 aromatic heterocycles. The van der Waals surface area contributed by atoms with Crippen molar-refractivity contribution in [2.45, 2.75) is 33.1 Å². The van der Waals surface area contributed by atoms with Gasteiger partial charge in [0.05, 0.1) is 12.0 Å². The lowest BCUT2D eigenvalue weighted by molar-refractivity contribution is -0.119. The maximum Gasteiger partial charge on any atom is 0.347 e. The molecule has 1 amide bonds. The van der Waals surface area contributed by atoms with E-state index in [0.717, 1.165) is 18.4 Å². The van der Waals surface area contributed by atoms with Gasteiger partial charge in [-0.1, -0.05) is 6.07 Å². The van der Waals surface area contributed by atoms with Gasteiger partial charge in [-0.05, 0) is 49.7 Å². The number of carbonyl (C=O) groups excluding carboxylic acids is 1. The molecule has 1 saturated carbocycles. The van der Waals surface area contributed by atoms with Crippen LogP contribution in [-0.2, 0) is 4.79 Å². The van der Waals surface area contributed by atoms with Gasteiger partial charge in [0.25, 0.3) is 0 Å². The van der Waals surface area contributed by atoms with Crippen molar-refractivity contribution in [3.63, 3.8) is 0 Å². The monoisotopic (exact) mass is 330 g/mol. The van der Waals surface area contributed by atoms with Crippen molar-refractivity contribution in [3.8, 4) is 5.75 Å². The van der Waals surface area contributed by atoms with E-state index in [-0.39, 0.29) is 5.91 Å². The van der Waals surface area contributed by atoms with E-state index in [4.69, 9.17) is 9.15 Å². The number of amides is 1. The Labute approximate surface area is 140 Å². The molecule has 2 aromatic rings. The summed E-state index contributed by atoms with van der Waals surface area (Å²) in [6.07, 6.45) is 4.48. The van der Waals surface area contributed by atoms with E-state index in [0.29, 0.717) is 41.6 Å². The fraction of sp³-hybridized carbons (Fsp3) is 0.500. The van der Waals surface area contributed by atoms with Gasteiger partial charge in [0.1, 0.15) is 11.3 Å². The van der Waals surface area contributed by atoms with E-state index in [1.54, 1.807) is 0 Å². The first-order valence-electron chi connectivity index (χ1n) is 8.30. The lowest BCUT2D eigenvalue weighted by atomic mass is 10.0. The summed E-state index contributed by atoms with van der Waals surface area (Å²) in [5.41, 5.74) is 0.971. The van der Waals surface area contributed by atoms with Gasteiger partial charge in [-0.15, -0.1) is 0 Å². The maximum absolute atomic E-state index is 11.9. The molecule has 3 rings (SSSR count). The smallest absolute Gasteiger partial charge is 0.347 e. The predicted molar refractivity (Wildman–Crippen MR) is 90.0 cm³/mol. The molecule has 1 fully saturated rings. The zero-order valence-electron chi connectivity index (χ0n) is 14.0. The quantitative estimate of drug-likeness (QED) is 0.843. The molecular weight excluding hydrogens is 308 g/mol. The van der Waals surface area contributed by atoms with Crippen LogP contribution in [0.1, 0.15) is 31.7 Å². The summed E-state index contributed by atoms with van der Waals surface area (Å²) in [5, 5.41) is 3.31. The van der Waals surface area contributed by atoms with E-state index < -0.39 is 5.63 Å². The summed E-state index contributed by atoms with van der Waals surface area (Å²) in [5.74, 6) is 1.65. The second kappa shape index (κ2) is 7.03. The van der Waals surface area contributed by atoms with Crippen LogP contribution in [0.4, 0.5) is 0 Å². The van der Waals surface area contributed by atoms with Gasteiger partial charge in [-0.3, -0.25) is 4.79 Å². The van der Waals surface area contributed by atoms with Crippen LogP contribution in [0.15, 0.2) is 27.7 Å². The summed E-state index contributed by atoms with van der Waals surface area (Å²) in [6.45, 7) is 4.60. The highest BCUT2D eigenvalue weighted by atomic mass is 16.5. The highest BCUT2D eigenvalue weighted by Crippen LogP contribution is 2.39. The topological polar surface area (TPSA) is 81.4 Å². The van der Waals surface area contributed by atoms with E-state index in [2.05, 4.69) is 10.3 Å². The van der Waals surface area contributed by atoms with Crippen LogP contribution < -0.4 is 15.7 Å². The molecule has 1 atom stereocenters. The van der Waals surface area contributed by atoms with Crippen molar-refractivity contribution < 1.29 is 13.9 Å². The average molecular weight is 330 g/mol. The molecule has 128 valence electrons. The molecule has 6 nitrogen and oxygen atoms in total. The number of hydrogen-bond acceptors (Lipinski definition) is 5. The fourth-order valence-corrected chi connectivity index (χ4v) is 3.01. The van der Waals surface area contributed by atoms with Crippen molar-refractivity contribution >= 4 is 16.8 Å². The minimum Gasteiger partial charge on any atom is -0.491 e. The Morgan fingerprint density at radius 3 is 2.96 bits per heavy atom. The molecule has 24 heavy (non-hydrogen) atoms. The third kappa shape index (κ3) is 3.75. The number of benzene rings is 1. The average Bonchev–Trinajstić information content (AvgIpc) is 3.37. The first kappa shape index (κ1) is 16.5. The number of rotatable bonds is 7. The number of nitrogens with zero attached hydrogens (tertiary/aromatic N) is 1. The summed E-state index contributed by atoms with van der Waals surface area (Å²) in [4.78, 5) is 27.1. The molecule has 1 heterocycles. The Kier molecular flexibility index (Phi) is 4.83. The number of aryl methyl sites for hydroxylation is 1. The second-order valence-electron chi connectivity index (χ2n) is 6.42. The fourth-order valence-electron chi connectivity index (χ4n) is 3.01. The molecule has 1 aliphatic rings. The lowest BCUT2D eigenvalue weighted by Gasteiger charge is -2.18. The number of nitrogens with one attached hydrogen (secondary N) is 1. The molecule has 1 N–H and O–H groups in total. The number of aromatic nitrogens is 1. The maximum atomic E-state index is 11.9. The van der Waals surface area contributed by atoms with Gasteiger partial charge in [0.15, 0.2) is 6.39 Å². The number of ether oxygens (including phenoxy) is 1. The second-order valence-corrected chi connectivity index (χ2v) is 6.42. The molecule has 1 aromatic carbocycles. The Morgan fingerprint density at radius 1 is 1.46 bits per heavy atom. The van der Waals surface area contributed by atoms with Crippen LogP contribution in [0.2, 0.25) is 0 Å². The number of fused-ring (bicyclic) bond motifs is 1. The van der Waals surface area contributed by atoms with Crippen LogP contribution in [0.5, 0.6) is 5.75 Å². The zero-order chi connectivity index (χ0) is 17.1. The van der Waals surface area contributed by atoms with E-state index in [9.17, 15) is 9.59 Å². The van der Waals surface area contributed by atoms with E-state index >= 15 is 0 Å². The normalized spacial score (nSPS) is 15.2. The van der Waals surface area contributed by atoms with Crippen molar-refractivity contribution in [2.24, 2.45) is 11.8 Å². The number of carbonyl (C=O) groups is 1. The van der Waals surface area contributed by atoms with Gasteiger partial charge in [0, 0.05) is 13.5 Å². The zero-order valence-corrected chi connectivity index (χ0v) is 14.0. The van der Waals surface area contributed by atoms with Gasteiger partial charge in [-0.25, -0.2) is 9.78 Å². The summed E-state index contributed by atoms with van der Waals surface area (Å²) >= 11 is 0. The van der Waals surface area contributed by atoms with Crippen LogP contribution >= 0.6 is 0 Å². The minimum absolute atomic E-state index is 0.00841. The summed E-state index contributed by atoms with van der Waals surface area (Å²) < 4.78 is 10.9. The molecule has 0 spiro atoms. The molecule has 6 heteroatoms. The Morgan fingerprint density at radius 2 is 2.25 bits per heavy atom. The van der Waals surface area contributed by atoms with Crippen molar-refractivity contribution in [1.82, 2.24) is 10.3 Å². The van der Waals surface area contributed by atoms with Gasteiger partial charge >= 0.3 is 5.63 Å². The van der Waals surface area contributed by atoms with Crippen molar-refractivity contribution in [2.75, 3.05) is 13.2 Å². The van der Waals surface area contributed by atoms with Crippen molar-refractivity contribution in [3.05, 3.63) is 34.5 Å². The van der Waals surface area contributed by atoms with Crippen molar-refractivity contribution in [1.29, 1.82) is 0 Å².